The van der Waals surface area contributed by atoms with Crippen molar-refractivity contribution >= 4 is 5.69 Å². The number of benzene rings is 1. The summed E-state index contributed by atoms with van der Waals surface area (Å²) in [5.74, 6) is 0. The second kappa shape index (κ2) is 6.90. The number of hydrogen-bond donors (Lipinski definition) is 1. The minimum atomic E-state index is 0.236. The van der Waals surface area contributed by atoms with Crippen molar-refractivity contribution in [2.24, 2.45) is 0 Å². The molecule has 0 spiro atoms. The Kier molecular flexibility index (Phi) is 4.71. The average molecular weight is 296 g/mol. The first kappa shape index (κ1) is 15.0. The van der Waals surface area contributed by atoms with Crippen LogP contribution in [0, 0.1) is 0 Å². The summed E-state index contributed by atoms with van der Waals surface area (Å²) in [6, 6.07) is 15.3. The summed E-state index contributed by atoms with van der Waals surface area (Å²) >= 11 is 0. The molecule has 4 heteroatoms. The molecule has 2 heterocycles. The van der Waals surface area contributed by atoms with Crippen LogP contribution >= 0.6 is 0 Å². The molecule has 1 N–H and O–H groups in total. The molecule has 1 aromatic heterocycles. The molecule has 4 nitrogen and oxygen atoms in total. The summed E-state index contributed by atoms with van der Waals surface area (Å²) in [6.45, 7) is 4.19. The zero-order valence-corrected chi connectivity index (χ0v) is 13.4. The van der Waals surface area contributed by atoms with E-state index in [0.717, 1.165) is 31.9 Å². The number of nitrogens with zero attached hydrogens (tertiary/aromatic N) is 3. The predicted molar refractivity (Wildman–Crippen MR) is 91.3 cm³/mol. The van der Waals surface area contributed by atoms with Gasteiger partial charge in [-0.2, -0.15) is 0 Å². The van der Waals surface area contributed by atoms with Gasteiger partial charge in [-0.05, 0) is 29.8 Å². The molecule has 1 aliphatic rings. The summed E-state index contributed by atoms with van der Waals surface area (Å²) in [5.41, 5.74) is 3.66. The normalized spacial score (nSPS) is 17.2. The zero-order chi connectivity index (χ0) is 15.4. The van der Waals surface area contributed by atoms with E-state index in [1.54, 1.807) is 0 Å². The molecule has 1 saturated heterocycles. The highest BCUT2D eigenvalue weighted by Crippen LogP contribution is 2.28. The third-order valence-electron chi connectivity index (χ3n) is 4.21. The van der Waals surface area contributed by atoms with E-state index in [1.165, 1.54) is 11.3 Å². The second-order valence-corrected chi connectivity index (χ2v) is 5.93. The van der Waals surface area contributed by atoms with Gasteiger partial charge in [0, 0.05) is 52.2 Å². The Morgan fingerprint density at radius 3 is 2.36 bits per heavy atom. The molecule has 0 saturated carbocycles. The van der Waals surface area contributed by atoms with Crippen LogP contribution in [0.4, 0.5) is 5.69 Å². The van der Waals surface area contributed by atoms with E-state index in [4.69, 9.17) is 0 Å². The van der Waals surface area contributed by atoms with Gasteiger partial charge in [0.2, 0.25) is 0 Å². The lowest BCUT2D eigenvalue weighted by atomic mass is 10.00. The van der Waals surface area contributed by atoms with Crippen LogP contribution in [0.25, 0.3) is 0 Å². The zero-order valence-electron chi connectivity index (χ0n) is 13.4. The summed E-state index contributed by atoms with van der Waals surface area (Å²) in [4.78, 5) is 9.26. The molecule has 1 aliphatic heterocycles. The van der Waals surface area contributed by atoms with Gasteiger partial charge >= 0.3 is 0 Å². The molecule has 3 rings (SSSR count). The minimum absolute atomic E-state index is 0.236. The van der Waals surface area contributed by atoms with Crippen molar-refractivity contribution in [3.8, 4) is 0 Å². The number of pyridine rings is 1. The number of rotatable bonds is 4. The number of piperazine rings is 1. The first-order valence-corrected chi connectivity index (χ1v) is 7.88. The highest BCUT2D eigenvalue weighted by molar-refractivity contribution is 5.47. The third-order valence-corrected chi connectivity index (χ3v) is 4.21. The number of nitrogens with one attached hydrogen (secondary N) is 1. The Morgan fingerprint density at radius 2 is 1.77 bits per heavy atom. The van der Waals surface area contributed by atoms with Gasteiger partial charge in [0.05, 0.1) is 11.7 Å². The smallest absolute Gasteiger partial charge is 0.0777 e. The van der Waals surface area contributed by atoms with Crippen LogP contribution < -0.4 is 10.2 Å². The van der Waals surface area contributed by atoms with E-state index in [2.05, 4.69) is 70.6 Å². The van der Waals surface area contributed by atoms with Gasteiger partial charge < -0.3 is 10.2 Å². The molecule has 1 fully saturated rings. The molecule has 0 radical (unpaired) electrons. The second-order valence-electron chi connectivity index (χ2n) is 5.93. The van der Waals surface area contributed by atoms with E-state index in [-0.39, 0.29) is 6.04 Å². The quantitative estimate of drug-likeness (QED) is 0.937. The van der Waals surface area contributed by atoms with Gasteiger partial charge in [0.1, 0.15) is 0 Å². The molecule has 0 amide bonds. The first-order valence-electron chi connectivity index (χ1n) is 7.88. The lowest BCUT2D eigenvalue weighted by molar-refractivity contribution is 0.195. The molecular formula is C18H24N4. The fraction of sp³-hybridized carbons (Fsp3) is 0.389. The van der Waals surface area contributed by atoms with E-state index < -0.39 is 0 Å². The Balaban J connectivity index is 1.93. The summed E-state index contributed by atoms with van der Waals surface area (Å²) in [6.07, 6.45) is 1.89. The van der Waals surface area contributed by atoms with Gasteiger partial charge in [-0.25, -0.2) is 0 Å². The van der Waals surface area contributed by atoms with Gasteiger partial charge in [-0.15, -0.1) is 0 Å². The largest absolute Gasteiger partial charge is 0.378 e. The minimum Gasteiger partial charge on any atom is -0.378 e. The summed E-state index contributed by atoms with van der Waals surface area (Å²) in [5, 5.41) is 3.43. The molecule has 116 valence electrons. The van der Waals surface area contributed by atoms with Crippen molar-refractivity contribution in [1.82, 2.24) is 15.2 Å². The average Bonchev–Trinajstić information content (AvgIpc) is 2.57. The number of hydrogen-bond acceptors (Lipinski definition) is 4. The lowest BCUT2D eigenvalue weighted by Gasteiger charge is -2.35. The maximum Gasteiger partial charge on any atom is 0.0777 e. The summed E-state index contributed by atoms with van der Waals surface area (Å²) in [7, 11) is 4.14. The Labute approximate surface area is 132 Å². The maximum absolute atomic E-state index is 4.62. The third kappa shape index (κ3) is 3.29. The van der Waals surface area contributed by atoms with Gasteiger partial charge in [-0.1, -0.05) is 18.2 Å². The maximum atomic E-state index is 4.62. The number of anilines is 1. The number of aromatic nitrogens is 1. The monoisotopic (exact) mass is 296 g/mol. The molecule has 0 bridgehead atoms. The first-order chi connectivity index (χ1) is 10.8. The van der Waals surface area contributed by atoms with E-state index in [9.17, 15) is 0 Å². The fourth-order valence-electron chi connectivity index (χ4n) is 3.00. The topological polar surface area (TPSA) is 31.4 Å². The van der Waals surface area contributed by atoms with E-state index in [0.29, 0.717) is 0 Å². The standard InChI is InChI=1S/C18H24N4/c1-21(2)16-8-6-15(7-9-16)18(17-5-3-4-10-20-17)22-13-11-19-12-14-22/h3-10,18-19H,11-14H2,1-2H3. The highest BCUT2D eigenvalue weighted by Gasteiger charge is 2.24. The van der Waals surface area contributed by atoms with Crippen LogP contribution in [0.3, 0.4) is 0 Å². The van der Waals surface area contributed by atoms with E-state index >= 15 is 0 Å². The van der Waals surface area contributed by atoms with Gasteiger partial charge in [0.25, 0.3) is 0 Å². The summed E-state index contributed by atoms with van der Waals surface area (Å²) < 4.78 is 0. The molecule has 1 unspecified atom stereocenters. The SMILES string of the molecule is CN(C)c1ccc(C(c2ccccn2)N2CCNCC2)cc1. The Bertz CT molecular complexity index is 574. The molecular weight excluding hydrogens is 272 g/mol. The molecule has 1 aromatic carbocycles. The molecule has 2 aromatic rings. The van der Waals surface area contributed by atoms with Crippen molar-refractivity contribution in [2.75, 3.05) is 45.2 Å². The van der Waals surface area contributed by atoms with Crippen LogP contribution in [-0.4, -0.2) is 50.2 Å². The van der Waals surface area contributed by atoms with Crippen LogP contribution in [0.15, 0.2) is 48.7 Å². The predicted octanol–water partition coefficient (Wildman–Crippen LogP) is 2.14. The van der Waals surface area contributed by atoms with Crippen LogP contribution in [-0.2, 0) is 0 Å². The van der Waals surface area contributed by atoms with Crippen molar-refractivity contribution in [2.45, 2.75) is 6.04 Å². The van der Waals surface area contributed by atoms with Crippen LogP contribution in [0.5, 0.6) is 0 Å². The highest BCUT2D eigenvalue weighted by atomic mass is 15.2. The van der Waals surface area contributed by atoms with Crippen LogP contribution in [0.2, 0.25) is 0 Å². The van der Waals surface area contributed by atoms with Crippen molar-refractivity contribution in [3.05, 3.63) is 59.9 Å². The Morgan fingerprint density at radius 1 is 1.05 bits per heavy atom. The van der Waals surface area contributed by atoms with Crippen molar-refractivity contribution in [1.29, 1.82) is 0 Å². The molecule has 0 aliphatic carbocycles. The van der Waals surface area contributed by atoms with Gasteiger partial charge in [-0.3, -0.25) is 9.88 Å². The van der Waals surface area contributed by atoms with Crippen molar-refractivity contribution < 1.29 is 0 Å². The van der Waals surface area contributed by atoms with E-state index in [1.807, 2.05) is 12.3 Å². The van der Waals surface area contributed by atoms with Crippen LogP contribution in [0.1, 0.15) is 17.3 Å². The Hall–Kier alpha value is -1.91. The van der Waals surface area contributed by atoms with Crippen molar-refractivity contribution in [3.63, 3.8) is 0 Å². The molecule has 1 atom stereocenters. The molecule has 22 heavy (non-hydrogen) atoms. The lowest BCUT2D eigenvalue weighted by Crippen LogP contribution is -2.45. The van der Waals surface area contributed by atoms with Gasteiger partial charge in [0.15, 0.2) is 0 Å². The fourth-order valence-corrected chi connectivity index (χ4v) is 3.00.